The molecule has 4 rings (SSSR count). The third kappa shape index (κ3) is 6.55. The number of hydrogen-bond donors (Lipinski definition) is 2. The van der Waals surface area contributed by atoms with Gasteiger partial charge in [0.25, 0.3) is 5.91 Å². The summed E-state index contributed by atoms with van der Waals surface area (Å²) >= 11 is 5.93. The van der Waals surface area contributed by atoms with Crippen LogP contribution in [0.15, 0.2) is 72.8 Å². The molecule has 0 aromatic heterocycles. The molecule has 35 heavy (non-hydrogen) atoms. The lowest BCUT2D eigenvalue weighted by atomic mass is 9.89. The fourth-order valence-corrected chi connectivity index (χ4v) is 4.45. The van der Waals surface area contributed by atoms with E-state index in [4.69, 9.17) is 16.3 Å². The zero-order chi connectivity index (χ0) is 24.6. The number of carbonyl (C=O) groups is 2. The second-order valence-corrected chi connectivity index (χ2v) is 9.01. The number of nitrogens with one attached hydrogen (secondary N) is 2. The maximum Gasteiger partial charge on any atom is 0.321 e. The summed E-state index contributed by atoms with van der Waals surface area (Å²) in [5.74, 6) is 0.820. The number of ether oxygens (including phenoxy) is 1. The predicted octanol–water partition coefficient (Wildman–Crippen LogP) is 6.08. The number of piperidine rings is 1. The first kappa shape index (κ1) is 24.6. The van der Waals surface area contributed by atoms with E-state index in [0.29, 0.717) is 42.5 Å². The van der Waals surface area contributed by atoms with Crippen LogP contribution in [0.5, 0.6) is 5.75 Å². The minimum absolute atomic E-state index is 0.126. The Kier molecular flexibility index (Phi) is 8.27. The van der Waals surface area contributed by atoms with Gasteiger partial charge in [-0.2, -0.15) is 0 Å². The Morgan fingerprint density at radius 2 is 1.86 bits per heavy atom. The van der Waals surface area contributed by atoms with Crippen LogP contribution in [0.4, 0.5) is 10.5 Å². The van der Waals surface area contributed by atoms with E-state index in [0.717, 1.165) is 29.7 Å². The summed E-state index contributed by atoms with van der Waals surface area (Å²) in [6.45, 7) is 4.21. The highest BCUT2D eigenvalue weighted by molar-refractivity contribution is 6.30. The van der Waals surface area contributed by atoms with Gasteiger partial charge in [-0.05, 0) is 67.8 Å². The number of hydrogen-bond acceptors (Lipinski definition) is 3. The van der Waals surface area contributed by atoms with Crippen molar-refractivity contribution in [1.29, 1.82) is 0 Å². The molecule has 3 amide bonds. The van der Waals surface area contributed by atoms with Gasteiger partial charge in [-0.3, -0.25) is 4.79 Å². The van der Waals surface area contributed by atoms with Crippen molar-refractivity contribution in [3.05, 3.63) is 94.5 Å². The standard InChI is InChI=1S/C28H30ClN3O3/c1-2-35-26-11-4-3-7-22(26)18-30-27(33)21-9-5-8-20(17-21)23-10-6-16-32(19-23)28(34)31-25-14-12-24(29)13-15-25/h3-5,7-9,11-15,17,23H,2,6,10,16,18-19H2,1H3,(H,30,33)(H,31,34). The summed E-state index contributed by atoms with van der Waals surface area (Å²) in [6.07, 6.45) is 1.88. The smallest absolute Gasteiger partial charge is 0.321 e. The molecule has 1 saturated heterocycles. The zero-order valence-electron chi connectivity index (χ0n) is 19.8. The third-order valence-electron chi connectivity index (χ3n) is 6.14. The van der Waals surface area contributed by atoms with E-state index in [-0.39, 0.29) is 17.9 Å². The highest BCUT2D eigenvalue weighted by Crippen LogP contribution is 2.28. The Labute approximate surface area is 211 Å². The number of nitrogens with zero attached hydrogens (tertiary/aromatic N) is 1. The van der Waals surface area contributed by atoms with Crippen molar-refractivity contribution in [3.63, 3.8) is 0 Å². The summed E-state index contributed by atoms with van der Waals surface area (Å²) in [6, 6.07) is 22.4. The number of halogens is 1. The van der Waals surface area contributed by atoms with Gasteiger partial charge in [-0.25, -0.2) is 4.79 Å². The van der Waals surface area contributed by atoms with Gasteiger partial charge >= 0.3 is 6.03 Å². The van der Waals surface area contributed by atoms with Crippen LogP contribution >= 0.6 is 11.6 Å². The van der Waals surface area contributed by atoms with Gasteiger partial charge in [-0.15, -0.1) is 0 Å². The quantitative estimate of drug-likeness (QED) is 0.420. The highest BCUT2D eigenvalue weighted by Gasteiger charge is 2.25. The van der Waals surface area contributed by atoms with Crippen molar-refractivity contribution in [2.75, 3.05) is 25.0 Å². The minimum atomic E-state index is -0.133. The van der Waals surface area contributed by atoms with Crippen molar-refractivity contribution in [1.82, 2.24) is 10.2 Å². The van der Waals surface area contributed by atoms with E-state index in [1.165, 1.54) is 0 Å². The molecule has 3 aromatic carbocycles. The predicted molar refractivity (Wildman–Crippen MR) is 139 cm³/mol. The Morgan fingerprint density at radius 3 is 2.66 bits per heavy atom. The summed E-state index contributed by atoms with van der Waals surface area (Å²) in [5.41, 5.74) is 3.33. The lowest BCUT2D eigenvalue weighted by Crippen LogP contribution is -2.41. The number of rotatable bonds is 7. The number of amides is 3. The van der Waals surface area contributed by atoms with Crippen LogP contribution in [0.3, 0.4) is 0 Å². The second-order valence-electron chi connectivity index (χ2n) is 8.57. The van der Waals surface area contributed by atoms with Crippen molar-refractivity contribution in [2.24, 2.45) is 0 Å². The lowest BCUT2D eigenvalue weighted by Gasteiger charge is -2.33. The molecule has 1 unspecified atom stereocenters. The number of urea groups is 1. The van der Waals surface area contributed by atoms with Crippen LogP contribution < -0.4 is 15.4 Å². The van der Waals surface area contributed by atoms with Crippen molar-refractivity contribution < 1.29 is 14.3 Å². The lowest BCUT2D eigenvalue weighted by molar-refractivity contribution is 0.0950. The number of para-hydroxylation sites is 1. The molecule has 0 aliphatic carbocycles. The van der Waals surface area contributed by atoms with Crippen molar-refractivity contribution >= 4 is 29.2 Å². The molecule has 1 aliphatic rings. The first-order chi connectivity index (χ1) is 17.0. The summed E-state index contributed by atoms with van der Waals surface area (Å²) in [5, 5.41) is 6.57. The monoisotopic (exact) mass is 491 g/mol. The average Bonchev–Trinajstić information content (AvgIpc) is 2.89. The van der Waals surface area contributed by atoms with E-state index in [1.807, 2.05) is 60.4 Å². The van der Waals surface area contributed by atoms with Gasteiger partial charge in [0, 0.05) is 47.4 Å². The van der Waals surface area contributed by atoms with Crippen LogP contribution in [-0.4, -0.2) is 36.5 Å². The molecule has 1 aliphatic heterocycles. The molecule has 1 fully saturated rings. The van der Waals surface area contributed by atoms with Crippen molar-refractivity contribution in [3.8, 4) is 5.75 Å². The summed E-state index contributed by atoms with van der Waals surface area (Å²) < 4.78 is 5.65. The molecule has 0 saturated carbocycles. The first-order valence-corrected chi connectivity index (χ1v) is 12.3. The molecule has 0 spiro atoms. The molecule has 0 radical (unpaired) electrons. The summed E-state index contributed by atoms with van der Waals surface area (Å²) in [4.78, 5) is 27.5. The fraction of sp³-hybridized carbons (Fsp3) is 0.286. The molecule has 3 aromatic rings. The second kappa shape index (κ2) is 11.8. The molecule has 0 bridgehead atoms. The maximum absolute atomic E-state index is 12.9. The molecular formula is C28H30ClN3O3. The number of carbonyl (C=O) groups excluding carboxylic acids is 2. The molecule has 1 heterocycles. The van der Waals surface area contributed by atoms with Crippen LogP contribution in [0.25, 0.3) is 0 Å². The third-order valence-corrected chi connectivity index (χ3v) is 6.39. The van der Waals surface area contributed by atoms with Gasteiger partial charge in [0.15, 0.2) is 0 Å². The molecular weight excluding hydrogens is 462 g/mol. The highest BCUT2D eigenvalue weighted by atomic mass is 35.5. The van der Waals surface area contributed by atoms with E-state index >= 15 is 0 Å². The summed E-state index contributed by atoms with van der Waals surface area (Å²) in [7, 11) is 0. The molecule has 7 heteroatoms. The van der Waals surface area contributed by atoms with E-state index in [2.05, 4.69) is 10.6 Å². The van der Waals surface area contributed by atoms with E-state index in [9.17, 15) is 9.59 Å². The van der Waals surface area contributed by atoms with E-state index in [1.54, 1.807) is 24.3 Å². The topological polar surface area (TPSA) is 70.7 Å². The van der Waals surface area contributed by atoms with Crippen LogP contribution in [0.2, 0.25) is 5.02 Å². The minimum Gasteiger partial charge on any atom is -0.494 e. The SMILES string of the molecule is CCOc1ccccc1CNC(=O)c1cccc(C2CCCN(C(=O)Nc3ccc(Cl)cc3)C2)c1. The van der Waals surface area contributed by atoms with E-state index < -0.39 is 0 Å². The first-order valence-electron chi connectivity index (χ1n) is 11.9. The maximum atomic E-state index is 12.9. The molecule has 6 nitrogen and oxygen atoms in total. The van der Waals surface area contributed by atoms with Gasteiger partial charge in [0.2, 0.25) is 0 Å². The van der Waals surface area contributed by atoms with Crippen LogP contribution in [-0.2, 0) is 6.54 Å². The van der Waals surface area contributed by atoms with Gasteiger partial charge < -0.3 is 20.3 Å². The van der Waals surface area contributed by atoms with Crippen molar-refractivity contribution in [2.45, 2.75) is 32.2 Å². The molecule has 1 atom stereocenters. The molecule has 182 valence electrons. The number of benzene rings is 3. The Hall–Kier alpha value is -3.51. The van der Waals surface area contributed by atoms with Crippen LogP contribution in [0, 0.1) is 0 Å². The number of likely N-dealkylation sites (tertiary alicyclic amines) is 1. The number of anilines is 1. The average molecular weight is 492 g/mol. The van der Waals surface area contributed by atoms with Gasteiger partial charge in [-0.1, -0.05) is 41.9 Å². The zero-order valence-corrected chi connectivity index (χ0v) is 20.6. The Bertz CT molecular complexity index is 1170. The Morgan fingerprint density at radius 1 is 1.06 bits per heavy atom. The van der Waals surface area contributed by atoms with Gasteiger partial charge in [0.05, 0.1) is 6.61 Å². The van der Waals surface area contributed by atoms with Crippen LogP contribution in [0.1, 0.15) is 47.2 Å². The fourth-order valence-electron chi connectivity index (χ4n) is 4.33. The Balaban J connectivity index is 1.38. The van der Waals surface area contributed by atoms with Gasteiger partial charge in [0.1, 0.15) is 5.75 Å². The molecule has 2 N–H and O–H groups in total. The normalized spacial score (nSPS) is 15.4. The largest absolute Gasteiger partial charge is 0.494 e.